The number of hydrogen-bond acceptors (Lipinski definition) is 2. The van der Waals surface area contributed by atoms with E-state index in [0.717, 1.165) is 38.6 Å². The van der Waals surface area contributed by atoms with Crippen LogP contribution in [0.1, 0.15) is 58.8 Å². The number of nitrogens with zero attached hydrogens (tertiary/aromatic N) is 1. The minimum atomic E-state index is 0.380. The van der Waals surface area contributed by atoms with E-state index in [2.05, 4.69) is 18.7 Å². The van der Waals surface area contributed by atoms with Crippen molar-refractivity contribution in [3.05, 3.63) is 0 Å². The second kappa shape index (κ2) is 6.05. The molecular weight excluding hydrogens is 224 g/mol. The summed E-state index contributed by atoms with van der Waals surface area (Å²) in [5.74, 6) is 1.62. The summed E-state index contributed by atoms with van der Waals surface area (Å²) in [5, 5.41) is 0. The number of carbonyl (C=O) groups excluding carboxylic acids is 1. The summed E-state index contributed by atoms with van der Waals surface area (Å²) in [7, 11) is 0. The van der Waals surface area contributed by atoms with Gasteiger partial charge in [0.25, 0.3) is 0 Å². The van der Waals surface area contributed by atoms with Gasteiger partial charge < -0.3 is 10.6 Å². The molecule has 0 spiro atoms. The summed E-state index contributed by atoms with van der Waals surface area (Å²) in [5.41, 5.74) is 5.92. The highest BCUT2D eigenvalue weighted by Gasteiger charge is 2.30. The monoisotopic (exact) mass is 252 g/mol. The fourth-order valence-electron chi connectivity index (χ4n) is 3.44. The Labute approximate surface area is 111 Å². The van der Waals surface area contributed by atoms with Gasteiger partial charge in [0.1, 0.15) is 0 Å². The lowest BCUT2D eigenvalue weighted by Crippen LogP contribution is -2.46. The molecule has 2 unspecified atom stereocenters. The Kier molecular flexibility index (Phi) is 4.66. The Bertz CT molecular complexity index is 284. The number of rotatable bonds is 2. The molecule has 0 aromatic rings. The Morgan fingerprint density at radius 2 is 1.83 bits per heavy atom. The molecule has 2 fully saturated rings. The number of carbonyl (C=O) groups is 1. The van der Waals surface area contributed by atoms with E-state index in [1.807, 2.05) is 0 Å². The van der Waals surface area contributed by atoms with Gasteiger partial charge in [-0.2, -0.15) is 0 Å². The van der Waals surface area contributed by atoms with Gasteiger partial charge in [-0.25, -0.2) is 0 Å². The third-order valence-corrected chi connectivity index (χ3v) is 5.05. The van der Waals surface area contributed by atoms with Gasteiger partial charge in [-0.05, 0) is 57.3 Å². The number of amides is 1. The van der Waals surface area contributed by atoms with Crippen LogP contribution in [-0.2, 0) is 4.79 Å². The van der Waals surface area contributed by atoms with Crippen LogP contribution >= 0.6 is 0 Å². The smallest absolute Gasteiger partial charge is 0.223 e. The molecular formula is C15H28N2O. The van der Waals surface area contributed by atoms with Gasteiger partial charge in [0.2, 0.25) is 5.91 Å². The van der Waals surface area contributed by atoms with Crippen LogP contribution in [-0.4, -0.2) is 29.4 Å². The molecule has 3 heteroatoms. The van der Waals surface area contributed by atoms with Gasteiger partial charge >= 0.3 is 0 Å². The van der Waals surface area contributed by atoms with E-state index in [-0.39, 0.29) is 0 Å². The highest BCUT2D eigenvalue weighted by atomic mass is 16.2. The molecule has 0 radical (unpaired) electrons. The van der Waals surface area contributed by atoms with Crippen LogP contribution < -0.4 is 5.73 Å². The van der Waals surface area contributed by atoms with Crippen molar-refractivity contribution in [3.8, 4) is 0 Å². The predicted molar refractivity (Wildman–Crippen MR) is 74.1 cm³/mol. The van der Waals surface area contributed by atoms with E-state index in [4.69, 9.17) is 5.73 Å². The standard InChI is InChI=1S/C15H28N2O/c1-11-4-3-9-17(12(11)2)15(18)10-13-5-7-14(16)8-6-13/h11-14H,3-10,16H2,1-2H3. The van der Waals surface area contributed by atoms with Crippen molar-refractivity contribution in [2.75, 3.05) is 6.54 Å². The van der Waals surface area contributed by atoms with Gasteiger partial charge in [0, 0.05) is 25.0 Å². The maximum absolute atomic E-state index is 12.4. The molecule has 2 atom stereocenters. The highest BCUT2D eigenvalue weighted by molar-refractivity contribution is 5.76. The molecule has 0 aromatic carbocycles. The van der Waals surface area contributed by atoms with Crippen LogP contribution in [0.5, 0.6) is 0 Å². The second-order valence-corrected chi connectivity index (χ2v) is 6.43. The van der Waals surface area contributed by atoms with E-state index in [1.165, 1.54) is 12.8 Å². The number of likely N-dealkylation sites (tertiary alicyclic amines) is 1. The van der Waals surface area contributed by atoms with Crippen molar-refractivity contribution in [2.24, 2.45) is 17.6 Å². The normalized spacial score (nSPS) is 37.6. The predicted octanol–water partition coefficient (Wildman–Crippen LogP) is 2.54. The lowest BCUT2D eigenvalue weighted by Gasteiger charge is -2.39. The molecule has 2 N–H and O–H groups in total. The largest absolute Gasteiger partial charge is 0.340 e. The van der Waals surface area contributed by atoms with Crippen LogP contribution in [0.2, 0.25) is 0 Å². The fraction of sp³-hybridized carbons (Fsp3) is 0.933. The molecule has 1 aliphatic heterocycles. The minimum Gasteiger partial charge on any atom is -0.340 e. The van der Waals surface area contributed by atoms with Gasteiger partial charge in [-0.1, -0.05) is 6.92 Å². The van der Waals surface area contributed by atoms with Crippen molar-refractivity contribution in [3.63, 3.8) is 0 Å². The summed E-state index contributed by atoms with van der Waals surface area (Å²) in [6.07, 6.45) is 7.68. The third-order valence-electron chi connectivity index (χ3n) is 5.05. The average molecular weight is 252 g/mol. The minimum absolute atomic E-state index is 0.380. The average Bonchev–Trinajstić information content (AvgIpc) is 2.35. The lowest BCUT2D eigenvalue weighted by atomic mass is 9.83. The SMILES string of the molecule is CC1CCCN(C(=O)CC2CCC(N)CC2)C1C. The molecule has 1 heterocycles. The summed E-state index contributed by atoms with van der Waals surface area (Å²) in [6, 6.07) is 0.808. The highest BCUT2D eigenvalue weighted by Crippen LogP contribution is 2.29. The zero-order chi connectivity index (χ0) is 13.1. The maximum Gasteiger partial charge on any atom is 0.223 e. The molecule has 2 rings (SSSR count). The van der Waals surface area contributed by atoms with Crippen molar-refractivity contribution >= 4 is 5.91 Å². The first-order valence-corrected chi connectivity index (χ1v) is 7.63. The maximum atomic E-state index is 12.4. The molecule has 104 valence electrons. The van der Waals surface area contributed by atoms with E-state index < -0.39 is 0 Å². The Morgan fingerprint density at radius 1 is 1.17 bits per heavy atom. The zero-order valence-electron chi connectivity index (χ0n) is 11.9. The molecule has 18 heavy (non-hydrogen) atoms. The van der Waals surface area contributed by atoms with Crippen LogP contribution in [0.25, 0.3) is 0 Å². The first kappa shape index (κ1) is 13.9. The second-order valence-electron chi connectivity index (χ2n) is 6.43. The van der Waals surface area contributed by atoms with Gasteiger partial charge in [0.05, 0.1) is 0 Å². The van der Waals surface area contributed by atoms with E-state index in [0.29, 0.717) is 29.8 Å². The molecule has 1 saturated carbocycles. The van der Waals surface area contributed by atoms with Gasteiger partial charge in [-0.15, -0.1) is 0 Å². The Hall–Kier alpha value is -0.570. The molecule has 1 aliphatic carbocycles. The number of piperidine rings is 1. The zero-order valence-corrected chi connectivity index (χ0v) is 11.9. The summed E-state index contributed by atoms with van der Waals surface area (Å²) in [4.78, 5) is 14.5. The summed E-state index contributed by atoms with van der Waals surface area (Å²) >= 11 is 0. The van der Waals surface area contributed by atoms with Gasteiger partial charge in [-0.3, -0.25) is 4.79 Å². The molecule has 3 nitrogen and oxygen atoms in total. The van der Waals surface area contributed by atoms with Crippen LogP contribution in [0.15, 0.2) is 0 Å². The van der Waals surface area contributed by atoms with Crippen LogP contribution in [0.3, 0.4) is 0 Å². The van der Waals surface area contributed by atoms with E-state index >= 15 is 0 Å². The van der Waals surface area contributed by atoms with Crippen molar-refractivity contribution in [2.45, 2.75) is 70.9 Å². The molecule has 0 aromatic heterocycles. The first-order valence-electron chi connectivity index (χ1n) is 7.63. The number of nitrogens with two attached hydrogens (primary N) is 1. The summed E-state index contributed by atoms with van der Waals surface area (Å²) < 4.78 is 0. The van der Waals surface area contributed by atoms with Crippen molar-refractivity contribution in [1.82, 2.24) is 4.90 Å². The number of hydrogen-bond donors (Lipinski definition) is 1. The fourth-order valence-corrected chi connectivity index (χ4v) is 3.44. The van der Waals surface area contributed by atoms with Crippen molar-refractivity contribution < 1.29 is 4.79 Å². The first-order chi connectivity index (χ1) is 8.58. The third kappa shape index (κ3) is 3.25. The molecule has 0 bridgehead atoms. The topological polar surface area (TPSA) is 46.3 Å². The van der Waals surface area contributed by atoms with Gasteiger partial charge in [0.15, 0.2) is 0 Å². The van der Waals surface area contributed by atoms with Crippen LogP contribution in [0, 0.1) is 11.8 Å². The van der Waals surface area contributed by atoms with Crippen LogP contribution in [0.4, 0.5) is 0 Å². The van der Waals surface area contributed by atoms with E-state index in [1.54, 1.807) is 0 Å². The quantitative estimate of drug-likeness (QED) is 0.821. The molecule has 1 saturated heterocycles. The molecule has 1 amide bonds. The van der Waals surface area contributed by atoms with Crippen molar-refractivity contribution in [1.29, 1.82) is 0 Å². The Morgan fingerprint density at radius 3 is 2.50 bits per heavy atom. The van der Waals surface area contributed by atoms with E-state index in [9.17, 15) is 4.79 Å². The Balaban J connectivity index is 1.83. The summed E-state index contributed by atoms with van der Waals surface area (Å²) in [6.45, 7) is 5.44. The molecule has 2 aliphatic rings. The lowest BCUT2D eigenvalue weighted by molar-refractivity contribution is -0.137.